The SMILES string of the molecule is C=C(C)C(=O)OCCCc1cc(-c2c(F)cccc2F)cc(CCCOC(=O)C(=C)C)c1OCCCCCc1ccc(OCCCCCO)cc1. The number of esters is 2. The van der Waals surface area contributed by atoms with Gasteiger partial charge in [0.15, 0.2) is 0 Å². The van der Waals surface area contributed by atoms with Crippen molar-refractivity contribution in [3.05, 3.63) is 107 Å². The highest BCUT2D eigenvalue weighted by atomic mass is 19.1. The standard InChI is InChI=1S/C42H52F2O7/c1-30(2)41(46)50-26-12-15-33-28-35(39-37(43)17-11-18-38(39)44)29-34(16-13-27-51-42(47)31(3)4)40(33)49-25-9-5-7-14-32-19-21-36(22-20-32)48-24-10-6-8-23-45/h11,17-22,28-29,45H,1,3,5-10,12-16,23-27H2,2,4H3. The minimum Gasteiger partial charge on any atom is -0.494 e. The largest absolute Gasteiger partial charge is 0.494 e. The second kappa shape index (κ2) is 22.3. The lowest BCUT2D eigenvalue weighted by molar-refractivity contribution is -0.139. The van der Waals surface area contributed by atoms with Crippen LogP contribution in [0.15, 0.2) is 78.9 Å². The van der Waals surface area contributed by atoms with Gasteiger partial charge in [-0.05, 0) is 143 Å². The molecule has 0 aliphatic heterocycles. The zero-order chi connectivity index (χ0) is 37.0. The van der Waals surface area contributed by atoms with E-state index in [1.54, 1.807) is 26.0 Å². The van der Waals surface area contributed by atoms with E-state index in [1.807, 2.05) is 12.1 Å². The Balaban J connectivity index is 1.70. The van der Waals surface area contributed by atoms with Gasteiger partial charge < -0.3 is 24.1 Å². The molecule has 0 atom stereocenters. The van der Waals surface area contributed by atoms with E-state index in [2.05, 4.69) is 25.3 Å². The van der Waals surface area contributed by atoms with Gasteiger partial charge in [0.2, 0.25) is 0 Å². The molecule has 3 aromatic carbocycles. The highest BCUT2D eigenvalue weighted by Gasteiger charge is 2.19. The van der Waals surface area contributed by atoms with Crippen LogP contribution >= 0.6 is 0 Å². The summed E-state index contributed by atoms with van der Waals surface area (Å²) < 4.78 is 52.8. The number of hydrogen-bond acceptors (Lipinski definition) is 7. The first kappa shape index (κ1) is 40.9. The summed E-state index contributed by atoms with van der Waals surface area (Å²) in [6, 6.07) is 15.4. The first-order chi connectivity index (χ1) is 24.6. The van der Waals surface area contributed by atoms with Crippen LogP contribution in [-0.4, -0.2) is 50.1 Å². The van der Waals surface area contributed by atoms with Crippen molar-refractivity contribution in [1.29, 1.82) is 0 Å². The maximum Gasteiger partial charge on any atom is 0.333 e. The number of carbonyl (C=O) groups is 2. The molecular weight excluding hydrogens is 654 g/mol. The van der Waals surface area contributed by atoms with E-state index >= 15 is 0 Å². The molecule has 0 saturated carbocycles. The van der Waals surface area contributed by atoms with Crippen molar-refractivity contribution in [2.45, 2.75) is 84.5 Å². The number of aryl methyl sites for hydroxylation is 3. The van der Waals surface area contributed by atoms with Gasteiger partial charge in [-0.3, -0.25) is 0 Å². The molecule has 0 saturated heterocycles. The quantitative estimate of drug-likeness (QED) is 0.0565. The van der Waals surface area contributed by atoms with Crippen LogP contribution in [0.25, 0.3) is 11.1 Å². The number of hydrogen-bond donors (Lipinski definition) is 1. The molecule has 9 heteroatoms. The number of aliphatic hydroxyl groups excluding tert-OH is 1. The van der Waals surface area contributed by atoms with E-state index in [4.69, 9.17) is 24.1 Å². The minimum absolute atomic E-state index is 0.133. The number of rotatable bonds is 24. The lowest BCUT2D eigenvalue weighted by atomic mass is 9.94. The average Bonchev–Trinajstić information content (AvgIpc) is 3.10. The van der Waals surface area contributed by atoms with Gasteiger partial charge in [0.25, 0.3) is 0 Å². The monoisotopic (exact) mass is 706 g/mol. The number of unbranched alkanes of at least 4 members (excludes halogenated alkanes) is 4. The molecule has 7 nitrogen and oxygen atoms in total. The van der Waals surface area contributed by atoms with Crippen LogP contribution < -0.4 is 9.47 Å². The van der Waals surface area contributed by atoms with Crippen LogP contribution in [0.1, 0.15) is 81.9 Å². The van der Waals surface area contributed by atoms with Gasteiger partial charge in [-0.25, -0.2) is 18.4 Å². The maximum atomic E-state index is 15.0. The van der Waals surface area contributed by atoms with Crippen LogP contribution in [0.5, 0.6) is 11.5 Å². The molecule has 0 heterocycles. The summed E-state index contributed by atoms with van der Waals surface area (Å²) in [6.45, 7) is 12.0. The molecule has 0 amide bonds. The lowest BCUT2D eigenvalue weighted by Gasteiger charge is -2.19. The normalized spacial score (nSPS) is 10.8. The summed E-state index contributed by atoms with van der Waals surface area (Å²) in [5.41, 5.74) is 3.56. The number of halogens is 2. The zero-order valence-corrected chi connectivity index (χ0v) is 30.1. The van der Waals surface area contributed by atoms with E-state index < -0.39 is 23.6 Å². The summed E-state index contributed by atoms with van der Waals surface area (Å²) in [7, 11) is 0. The molecule has 3 aromatic rings. The predicted octanol–water partition coefficient (Wildman–Crippen LogP) is 9.07. The lowest BCUT2D eigenvalue weighted by Crippen LogP contribution is -2.10. The summed E-state index contributed by atoms with van der Waals surface area (Å²) in [5, 5.41) is 8.89. The minimum atomic E-state index is -0.678. The van der Waals surface area contributed by atoms with Crippen molar-refractivity contribution in [1.82, 2.24) is 0 Å². The first-order valence-corrected chi connectivity index (χ1v) is 17.8. The summed E-state index contributed by atoms with van der Waals surface area (Å²) in [5.74, 6) is -0.846. The molecule has 0 bridgehead atoms. The Hall–Kier alpha value is -4.50. The van der Waals surface area contributed by atoms with E-state index in [0.29, 0.717) is 61.4 Å². The predicted molar refractivity (Wildman–Crippen MR) is 196 cm³/mol. The van der Waals surface area contributed by atoms with Gasteiger partial charge in [-0.15, -0.1) is 0 Å². The van der Waals surface area contributed by atoms with E-state index in [9.17, 15) is 18.4 Å². The smallest absolute Gasteiger partial charge is 0.333 e. The highest BCUT2D eigenvalue weighted by molar-refractivity contribution is 5.87. The third kappa shape index (κ3) is 14.3. The molecule has 3 rings (SSSR count). The fourth-order valence-electron chi connectivity index (χ4n) is 5.45. The van der Waals surface area contributed by atoms with E-state index in [1.165, 1.54) is 23.8 Å². The van der Waals surface area contributed by atoms with Crippen LogP contribution in [0.4, 0.5) is 8.78 Å². The third-order valence-electron chi connectivity index (χ3n) is 8.19. The van der Waals surface area contributed by atoms with Crippen molar-refractivity contribution >= 4 is 11.9 Å². The van der Waals surface area contributed by atoms with Crippen LogP contribution in [0.2, 0.25) is 0 Å². The number of benzene rings is 3. The maximum absolute atomic E-state index is 15.0. The van der Waals surface area contributed by atoms with Gasteiger partial charge >= 0.3 is 11.9 Å². The zero-order valence-electron chi connectivity index (χ0n) is 30.1. The van der Waals surface area contributed by atoms with Gasteiger partial charge in [-0.1, -0.05) is 31.4 Å². The molecule has 0 aromatic heterocycles. The molecule has 0 aliphatic carbocycles. The Bertz CT molecular complexity index is 1510. The average molecular weight is 707 g/mol. The second-order valence-electron chi connectivity index (χ2n) is 12.7. The number of carbonyl (C=O) groups excluding carboxylic acids is 2. The molecule has 0 radical (unpaired) electrons. The summed E-state index contributed by atoms with van der Waals surface area (Å²) in [6.07, 6.45) is 8.05. The Kier molecular flexibility index (Phi) is 17.9. The van der Waals surface area contributed by atoms with Crippen molar-refractivity contribution in [2.24, 2.45) is 0 Å². The Morgan fingerprint density at radius 2 is 1.18 bits per heavy atom. The van der Waals surface area contributed by atoms with Crippen molar-refractivity contribution in [2.75, 3.05) is 33.0 Å². The fourth-order valence-corrected chi connectivity index (χ4v) is 5.45. The molecule has 0 spiro atoms. The van der Waals surface area contributed by atoms with Crippen molar-refractivity contribution in [3.63, 3.8) is 0 Å². The summed E-state index contributed by atoms with van der Waals surface area (Å²) >= 11 is 0. The van der Waals surface area contributed by atoms with E-state index in [0.717, 1.165) is 61.8 Å². The van der Waals surface area contributed by atoms with Gasteiger partial charge in [-0.2, -0.15) is 0 Å². The molecule has 1 N–H and O–H groups in total. The second-order valence-corrected chi connectivity index (χ2v) is 12.7. The molecule has 276 valence electrons. The number of ether oxygens (including phenoxy) is 4. The van der Waals surface area contributed by atoms with Crippen LogP contribution in [-0.2, 0) is 38.3 Å². The van der Waals surface area contributed by atoms with Crippen molar-refractivity contribution < 1.29 is 42.4 Å². The van der Waals surface area contributed by atoms with Crippen molar-refractivity contribution in [3.8, 4) is 22.6 Å². The molecule has 0 aliphatic rings. The Labute approximate surface area is 301 Å². The highest BCUT2D eigenvalue weighted by Crippen LogP contribution is 2.35. The molecule has 0 fully saturated rings. The third-order valence-corrected chi connectivity index (χ3v) is 8.19. The topological polar surface area (TPSA) is 91.3 Å². The van der Waals surface area contributed by atoms with Crippen LogP contribution in [0, 0.1) is 11.6 Å². The van der Waals surface area contributed by atoms with Gasteiger partial charge in [0.05, 0.1) is 32.0 Å². The molecule has 51 heavy (non-hydrogen) atoms. The van der Waals surface area contributed by atoms with E-state index in [-0.39, 0.29) is 25.4 Å². The fraction of sp³-hybridized carbons (Fsp3) is 0.429. The summed E-state index contributed by atoms with van der Waals surface area (Å²) in [4.78, 5) is 23.9. The Morgan fingerprint density at radius 3 is 1.71 bits per heavy atom. The van der Waals surface area contributed by atoms with Gasteiger partial charge in [0, 0.05) is 17.8 Å². The Morgan fingerprint density at radius 1 is 0.647 bits per heavy atom. The van der Waals surface area contributed by atoms with Crippen LogP contribution in [0.3, 0.4) is 0 Å². The molecular formula is C42H52F2O7. The number of aliphatic hydroxyl groups is 1. The molecule has 0 unspecified atom stereocenters. The first-order valence-electron chi connectivity index (χ1n) is 17.8. The van der Waals surface area contributed by atoms with Gasteiger partial charge in [0.1, 0.15) is 23.1 Å².